The van der Waals surface area contributed by atoms with Gasteiger partial charge in [-0.15, -0.1) is 0 Å². The number of carbonyl (C=O) groups excluding carboxylic acids is 1. The van der Waals surface area contributed by atoms with Crippen LogP contribution in [0.15, 0.2) is 41.2 Å². The van der Waals surface area contributed by atoms with Gasteiger partial charge in [0.15, 0.2) is 6.73 Å². The Kier molecular flexibility index (Phi) is 5.23. The molecule has 0 unspecified atom stereocenters. The number of halogens is 2. The van der Waals surface area contributed by atoms with Gasteiger partial charge in [-0.05, 0) is 45.0 Å². The van der Waals surface area contributed by atoms with Crippen molar-refractivity contribution < 1.29 is 23.4 Å². The highest BCUT2D eigenvalue weighted by atomic mass is 19.1. The average Bonchev–Trinajstić information content (AvgIpc) is 2.59. The summed E-state index contributed by atoms with van der Waals surface area (Å²) in [4.78, 5) is 29.3. The van der Waals surface area contributed by atoms with E-state index in [9.17, 15) is 23.5 Å². The second-order valence-corrected chi connectivity index (χ2v) is 7.43. The molecule has 9 heteroatoms. The van der Waals surface area contributed by atoms with E-state index in [1.807, 2.05) is 0 Å². The fourth-order valence-corrected chi connectivity index (χ4v) is 2.56. The van der Waals surface area contributed by atoms with Crippen molar-refractivity contribution in [1.82, 2.24) is 9.55 Å². The Morgan fingerprint density at radius 1 is 1.21 bits per heavy atom. The Bertz CT molecular complexity index is 1130. The van der Waals surface area contributed by atoms with Gasteiger partial charge in [0, 0.05) is 11.8 Å². The number of aromatic hydroxyl groups is 1. The van der Waals surface area contributed by atoms with Crippen molar-refractivity contribution in [3.63, 3.8) is 0 Å². The van der Waals surface area contributed by atoms with Crippen LogP contribution in [0.1, 0.15) is 20.8 Å². The lowest BCUT2D eigenvalue weighted by molar-refractivity contribution is -0.156. The normalized spacial score (nSPS) is 11.5. The SMILES string of the molecule is CC(C)(C)C(=O)OCn1c(Nc2cc(F)cc(F)c2)nc2cccc(O)c2c1=O. The molecule has 0 radical (unpaired) electrons. The number of hydrogen-bond donors (Lipinski definition) is 2. The van der Waals surface area contributed by atoms with Gasteiger partial charge in [0.2, 0.25) is 5.95 Å². The molecule has 3 aromatic rings. The second kappa shape index (κ2) is 7.50. The molecule has 0 aliphatic carbocycles. The quantitative estimate of drug-likeness (QED) is 0.646. The number of nitrogens with one attached hydrogen (secondary N) is 1. The van der Waals surface area contributed by atoms with E-state index in [2.05, 4.69) is 10.3 Å². The first-order valence-electron chi connectivity index (χ1n) is 8.69. The summed E-state index contributed by atoms with van der Waals surface area (Å²) in [5.41, 5.74) is -1.33. The first-order chi connectivity index (χ1) is 13.6. The van der Waals surface area contributed by atoms with E-state index in [0.29, 0.717) is 6.07 Å². The summed E-state index contributed by atoms with van der Waals surface area (Å²) in [5.74, 6) is -2.61. The van der Waals surface area contributed by atoms with Crippen LogP contribution in [0.3, 0.4) is 0 Å². The van der Waals surface area contributed by atoms with Gasteiger partial charge >= 0.3 is 5.97 Å². The Labute approximate surface area is 164 Å². The molecule has 0 fully saturated rings. The molecule has 0 saturated heterocycles. The first kappa shape index (κ1) is 20.2. The Morgan fingerprint density at radius 2 is 1.86 bits per heavy atom. The molecule has 0 aliphatic heterocycles. The van der Waals surface area contributed by atoms with Gasteiger partial charge in [-0.25, -0.2) is 18.3 Å². The number of aromatic nitrogens is 2. The van der Waals surface area contributed by atoms with Crippen molar-refractivity contribution in [2.45, 2.75) is 27.5 Å². The minimum absolute atomic E-state index is 0.00445. The van der Waals surface area contributed by atoms with Crippen molar-refractivity contribution in [2.75, 3.05) is 5.32 Å². The molecule has 2 aromatic carbocycles. The molecule has 2 N–H and O–H groups in total. The summed E-state index contributed by atoms with van der Waals surface area (Å²) < 4.78 is 33.2. The van der Waals surface area contributed by atoms with Gasteiger partial charge in [-0.3, -0.25) is 9.59 Å². The minimum atomic E-state index is -0.820. The van der Waals surface area contributed by atoms with E-state index in [0.717, 1.165) is 16.7 Å². The number of ether oxygens (including phenoxy) is 1. The van der Waals surface area contributed by atoms with Crippen molar-refractivity contribution >= 4 is 28.5 Å². The number of carbonyl (C=O) groups is 1. The number of anilines is 2. The number of rotatable bonds is 4. The summed E-state index contributed by atoms with van der Waals surface area (Å²) in [6.45, 7) is 4.44. The van der Waals surface area contributed by atoms with Crippen LogP contribution in [0.5, 0.6) is 5.75 Å². The average molecular weight is 403 g/mol. The number of esters is 1. The highest BCUT2D eigenvalue weighted by Gasteiger charge is 2.24. The first-order valence-corrected chi connectivity index (χ1v) is 8.69. The molecule has 3 rings (SSSR count). The maximum absolute atomic E-state index is 13.5. The van der Waals surface area contributed by atoms with E-state index in [-0.39, 0.29) is 28.3 Å². The third-order valence-corrected chi connectivity index (χ3v) is 4.02. The molecular weight excluding hydrogens is 384 g/mol. The van der Waals surface area contributed by atoms with Crippen LogP contribution in [0.2, 0.25) is 0 Å². The second-order valence-electron chi connectivity index (χ2n) is 7.43. The predicted octanol–water partition coefficient (Wildman–Crippen LogP) is 3.67. The zero-order valence-electron chi connectivity index (χ0n) is 16.0. The summed E-state index contributed by atoms with van der Waals surface area (Å²) in [6, 6.07) is 7.07. The third kappa shape index (κ3) is 4.34. The topological polar surface area (TPSA) is 93.4 Å². The molecule has 0 aliphatic rings. The lowest BCUT2D eigenvalue weighted by Crippen LogP contribution is -2.30. The van der Waals surface area contributed by atoms with E-state index in [1.54, 1.807) is 20.8 Å². The Balaban J connectivity index is 2.11. The van der Waals surface area contributed by atoms with Crippen LogP contribution in [0, 0.1) is 17.0 Å². The third-order valence-electron chi connectivity index (χ3n) is 4.02. The summed E-state index contributed by atoms with van der Waals surface area (Å²) >= 11 is 0. The van der Waals surface area contributed by atoms with Crippen molar-refractivity contribution in [2.24, 2.45) is 5.41 Å². The zero-order chi connectivity index (χ0) is 21.3. The minimum Gasteiger partial charge on any atom is -0.507 e. The fraction of sp³-hybridized carbons (Fsp3) is 0.250. The number of phenolic OH excluding ortho intramolecular Hbond substituents is 1. The zero-order valence-corrected chi connectivity index (χ0v) is 16.0. The van der Waals surface area contributed by atoms with Gasteiger partial charge in [-0.1, -0.05) is 6.07 Å². The maximum Gasteiger partial charge on any atom is 0.312 e. The predicted molar refractivity (Wildman–Crippen MR) is 103 cm³/mol. The summed E-state index contributed by atoms with van der Waals surface area (Å²) in [6.07, 6.45) is 0. The molecule has 0 saturated carbocycles. The molecular formula is C20H19F2N3O4. The van der Waals surface area contributed by atoms with Crippen LogP contribution < -0.4 is 10.9 Å². The number of benzene rings is 2. The van der Waals surface area contributed by atoms with Crippen LogP contribution in [-0.2, 0) is 16.3 Å². The molecule has 0 spiro atoms. The van der Waals surface area contributed by atoms with Gasteiger partial charge in [0.1, 0.15) is 22.8 Å². The highest BCUT2D eigenvalue weighted by Crippen LogP contribution is 2.24. The summed E-state index contributed by atoms with van der Waals surface area (Å²) in [5, 5.41) is 12.7. The van der Waals surface area contributed by atoms with Gasteiger partial charge < -0.3 is 15.2 Å². The maximum atomic E-state index is 13.5. The van der Waals surface area contributed by atoms with E-state index in [1.165, 1.54) is 18.2 Å². The van der Waals surface area contributed by atoms with Crippen molar-refractivity contribution in [3.05, 3.63) is 58.4 Å². The number of fused-ring (bicyclic) bond motifs is 1. The monoisotopic (exact) mass is 403 g/mol. The molecule has 1 heterocycles. The smallest absolute Gasteiger partial charge is 0.312 e. The van der Waals surface area contributed by atoms with Gasteiger partial charge in [-0.2, -0.15) is 0 Å². The van der Waals surface area contributed by atoms with Gasteiger partial charge in [0.25, 0.3) is 5.56 Å². The lowest BCUT2D eigenvalue weighted by Gasteiger charge is -2.19. The Morgan fingerprint density at radius 3 is 2.48 bits per heavy atom. The fourth-order valence-electron chi connectivity index (χ4n) is 2.56. The molecule has 0 amide bonds. The highest BCUT2D eigenvalue weighted by molar-refractivity contribution is 5.85. The summed E-state index contributed by atoms with van der Waals surface area (Å²) in [7, 11) is 0. The van der Waals surface area contributed by atoms with Crippen molar-refractivity contribution in [1.29, 1.82) is 0 Å². The van der Waals surface area contributed by atoms with E-state index >= 15 is 0 Å². The van der Waals surface area contributed by atoms with E-state index in [4.69, 9.17) is 4.74 Å². The van der Waals surface area contributed by atoms with Crippen LogP contribution in [0.25, 0.3) is 10.9 Å². The van der Waals surface area contributed by atoms with Gasteiger partial charge in [0.05, 0.1) is 10.9 Å². The molecule has 0 bridgehead atoms. The molecule has 0 atom stereocenters. The Hall–Kier alpha value is -3.49. The molecule has 7 nitrogen and oxygen atoms in total. The van der Waals surface area contributed by atoms with E-state index < -0.39 is 35.3 Å². The number of nitrogens with zero attached hydrogens (tertiary/aromatic N) is 2. The van der Waals surface area contributed by atoms with Crippen LogP contribution >= 0.6 is 0 Å². The number of hydrogen-bond acceptors (Lipinski definition) is 6. The largest absolute Gasteiger partial charge is 0.507 e. The lowest BCUT2D eigenvalue weighted by atomic mass is 9.98. The van der Waals surface area contributed by atoms with Crippen molar-refractivity contribution in [3.8, 4) is 5.75 Å². The molecule has 1 aromatic heterocycles. The number of phenols is 1. The van der Waals surface area contributed by atoms with Crippen LogP contribution in [0.4, 0.5) is 20.4 Å². The molecule has 29 heavy (non-hydrogen) atoms. The van der Waals surface area contributed by atoms with Crippen LogP contribution in [-0.4, -0.2) is 20.6 Å². The molecule has 152 valence electrons. The standard InChI is InChI=1S/C20H19F2N3O4/c1-20(2,3)18(28)29-10-25-17(27)16-14(5-4-6-15(16)26)24-19(25)23-13-8-11(21)7-12(22)9-13/h4-9,26H,10H2,1-3H3,(H,23,24).